The molecule has 0 unspecified atom stereocenters. The van der Waals surface area contributed by atoms with Gasteiger partial charge < -0.3 is 15.5 Å². The number of hydrogen-bond acceptors (Lipinski definition) is 6. The minimum Gasteiger partial charge on any atom is -0.382 e. The first-order valence-electron chi connectivity index (χ1n) is 9.11. The Balaban J connectivity index is 0.00000126. The highest BCUT2D eigenvalue weighted by molar-refractivity contribution is 6.33. The highest BCUT2D eigenvalue weighted by atomic mass is 35.5. The second-order valence-corrected chi connectivity index (χ2v) is 6.46. The van der Waals surface area contributed by atoms with Crippen LogP contribution in [0.25, 0.3) is 0 Å². The van der Waals surface area contributed by atoms with Crippen LogP contribution >= 0.6 is 11.6 Å². The standard InChI is InChI=1S/C16H23ClN8.C2H6/c1-10-15(11(2)21-20-10)25-7-5-24(6-8-25)14-9-12(3-4-13(14)17)16(18)22-23-19;1-2/h3-4,9,23H,5-8,19H2,1-2H3,(H2,18,22)(H,20,21);1-2H3. The summed E-state index contributed by atoms with van der Waals surface area (Å²) < 4.78 is 0. The average molecular weight is 393 g/mol. The Labute approximate surface area is 165 Å². The number of anilines is 2. The van der Waals surface area contributed by atoms with E-state index in [4.69, 9.17) is 23.2 Å². The number of nitrogens with two attached hydrogens (primary N) is 2. The summed E-state index contributed by atoms with van der Waals surface area (Å²) in [7, 11) is 0. The smallest absolute Gasteiger partial charge is 0.152 e. The Morgan fingerprint density at radius 2 is 1.81 bits per heavy atom. The molecular formula is C18H29ClN8. The van der Waals surface area contributed by atoms with Gasteiger partial charge in [0, 0.05) is 31.7 Å². The summed E-state index contributed by atoms with van der Waals surface area (Å²) in [6.45, 7) is 11.6. The summed E-state index contributed by atoms with van der Waals surface area (Å²) >= 11 is 6.41. The minimum absolute atomic E-state index is 0.323. The van der Waals surface area contributed by atoms with Crippen LogP contribution in [-0.2, 0) is 0 Å². The van der Waals surface area contributed by atoms with E-state index in [9.17, 15) is 0 Å². The van der Waals surface area contributed by atoms with Gasteiger partial charge in [-0.25, -0.2) is 11.4 Å². The zero-order chi connectivity index (χ0) is 20.0. The van der Waals surface area contributed by atoms with Crippen molar-refractivity contribution in [3.05, 3.63) is 40.2 Å². The van der Waals surface area contributed by atoms with E-state index in [-0.39, 0.29) is 0 Å². The van der Waals surface area contributed by atoms with Gasteiger partial charge in [0.15, 0.2) is 5.84 Å². The van der Waals surface area contributed by atoms with Crippen LogP contribution in [0.5, 0.6) is 0 Å². The van der Waals surface area contributed by atoms with Gasteiger partial charge >= 0.3 is 0 Å². The fraction of sp³-hybridized carbons (Fsp3) is 0.444. The van der Waals surface area contributed by atoms with Gasteiger partial charge in [-0.2, -0.15) is 5.10 Å². The second-order valence-electron chi connectivity index (χ2n) is 6.05. The Morgan fingerprint density at radius 1 is 1.19 bits per heavy atom. The first-order chi connectivity index (χ1) is 13.0. The highest BCUT2D eigenvalue weighted by Crippen LogP contribution is 2.30. The number of aryl methyl sites for hydroxylation is 2. The van der Waals surface area contributed by atoms with E-state index in [2.05, 4.69) is 37.6 Å². The molecule has 3 rings (SSSR count). The van der Waals surface area contributed by atoms with Crippen LogP contribution in [0.3, 0.4) is 0 Å². The number of aromatic nitrogens is 2. The molecule has 1 aromatic carbocycles. The number of amidine groups is 1. The van der Waals surface area contributed by atoms with Gasteiger partial charge in [0.25, 0.3) is 0 Å². The Morgan fingerprint density at radius 3 is 2.37 bits per heavy atom. The van der Waals surface area contributed by atoms with Gasteiger partial charge in [0.2, 0.25) is 0 Å². The number of benzene rings is 1. The van der Waals surface area contributed by atoms with Crippen molar-refractivity contribution >= 4 is 28.8 Å². The molecule has 1 aromatic heterocycles. The van der Waals surface area contributed by atoms with Crippen molar-refractivity contribution in [1.29, 1.82) is 0 Å². The second kappa shape index (κ2) is 9.48. The van der Waals surface area contributed by atoms with E-state index in [0.717, 1.165) is 48.8 Å². The number of halogens is 1. The molecule has 0 aliphatic carbocycles. The molecule has 0 amide bonds. The van der Waals surface area contributed by atoms with Crippen molar-refractivity contribution in [2.24, 2.45) is 16.7 Å². The van der Waals surface area contributed by atoms with Gasteiger partial charge in [0.05, 0.1) is 27.8 Å². The van der Waals surface area contributed by atoms with Gasteiger partial charge in [-0.15, -0.1) is 5.10 Å². The molecule has 6 N–H and O–H groups in total. The van der Waals surface area contributed by atoms with Crippen molar-refractivity contribution < 1.29 is 0 Å². The van der Waals surface area contributed by atoms with Crippen molar-refractivity contribution in [3.8, 4) is 0 Å². The predicted octanol–water partition coefficient (Wildman–Crippen LogP) is 2.12. The number of aromatic amines is 1. The van der Waals surface area contributed by atoms with Crippen molar-refractivity contribution in [2.45, 2.75) is 27.7 Å². The fourth-order valence-corrected chi connectivity index (χ4v) is 3.47. The first kappa shape index (κ1) is 20.9. The zero-order valence-electron chi connectivity index (χ0n) is 16.4. The maximum Gasteiger partial charge on any atom is 0.152 e. The summed E-state index contributed by atoms with van der Waals surface area (Å²) in [4.78, 5) is 4.62. The van der Waals surface area contributed by atoms with E-state index < -0.39 is 0 Å². The van der Waals surface area contributed by atoms with Crippen molar-refractivity contribution in [3.63, 3.8) is 0 Å². The molecule has 1 aliphatic heterocycles. The molecular weight excluding hydrogens is 364 g/mol. The third kappa shape index (κ3) is 4.64. The molecule has 9 heteroatoms. The molecule has 2 aromatic rings. The lowest BCUT2D eigenvalue weighted by Crippen LogP contribution is -2.47. The SMILES string of the molecule is CC.Cc1n[nH]c(C)c1N1CCN(c2cc(/C(N)=N/NN)ccc2Cl)CC1. The molecule has 0 spiro atoms. The van der Waals surface area contributed by atoms with Crippen molar-refractivity contribution in [1.82, 2.24) is 15.7 Å². The molecule has 2 heterocycles. The summed E-state index contributed by atoms with van der Waals surface area (Å²) in [5, 5.41) is 11.8. The number of H-pyrrole nitrogens is 1. The lowest BCUT2D eigenvalue weighted by atomic mass is 10.1. The molecule has 1 aliphatic rings. The third-order valence-electron chi connectivity index (χ3n) is 4.45. The first-order valence-corrected chi connectivity index (χ1v) is 9.49. The highest BCUT2D eigenvalue weighted by Gasteiger charge is 2.23. The number of hydrazine groups is 1. The van der Waals surface area contributed by atoms with E-state index in [1.165, 1.54) is 5.69 Å². The number of rotatable bonds is 4. The molecule has 148 valence electrons. The normalized spacial score (nSPS) is 14.7. The molecule has 0 saturated carbocycles. The molecule has 8 nitrogen and oxygen atoms in total. The number of hydrazone groups is 1. The summed E-state index contributed by atoms with van der Waals surface area (Å²) in [5.41, 5.74) is 13.2. The van der Waals surface area contributed by atoms with Gasteiger partial charge in [-0.05, 0) is 32.0 Å². The van der Waals surface area contributed by atoms with Crippen LogP contribution in [0.15, 0.2) is 23.3 Å². The summed E-state index contributed by atoms with van der Waals surface area (Å²) in [6.07, 6.45) is 0. The lowest BCUT2D eigenvalue weighted by molar-refractivity contribution is 0.651. The maximum absolute atomic E-state index is 6.41. The molecule has 27 heavy (non-hydrogen) atoms. The van der Waals surface area contributed by atoms with Gasteiger partial charge in [-0.1, -0.05) is 25.4 Å². The van der Waals surface area contributed by atoms with E-state index >= 15 is 0 Å². The van der Waals surface area contributed by atoms with Gasteiger partial charge in [-0.3, -0.25) is 5.10 Å². The van der Waals surface area contributed by atoms with E-state index in [1.807, 2.05) is 39.0 Å². The maximum atomic E-state index is 6.41. The van der Waals surface area contributed by atoms with Crippen LogP contribution in [0.1, 0.15) is 30.8 Å². The van der Waals surface area contributed by atoms with Crippen molar-refractivity contribution in [2.75, 3.05) is 36.0 Å². The minimum atomic E-state index is 0.323. The molecule has 1 fully saturated rings. The van der Waals surface area contributed by atoms with Crippen LogP contribution in [0, 0.1) is 13.8 Å². The van der Waals surface area contributed by atoms with Crippen LogP contribution in [0.4, 0.5) is 11.4 Å². The molecule has 0 radical (unpaired) electrons. The summed E-state index contributed by atoms with van der Waals surface area (Å²) in [6, 6.07) is 5.61. The Kier molecular flexibility index (Phi) is 7.32. The van der Waals surface area contributed by atoms with Gasteiger partial charge in [0.1, 0.15) is 0 Å². The number of nitrogens with one attached hydrogen (secondary N) is 2. The Hall–Kier alpha value is -2.45. The van der Waals surface area contributed by atoms with Crippen LogP contribution in [-0.4, -0.2) is 42.2 Å². The fourth-order valence-electron chi connectivity index (χ4n) is 3.23. The largest absolute Gasteiger partial charge is 0.382 e. The monoisotopic (exact) mass is 392 g/mol. The Bertz CT molecular complexity index is 758. The topological polar surface area (TPSA) is 112 Å². The number of hydrogen-bond donors (Lipinski definition) is 4. The quantitative estimate of drug-likeness (QED) is 0.274. The number of nitrogens with zero attached hydrogens (tertiary/aromatic N) is 4. The van der Waals surface area contributed by atoms with E-state index in [1.54, 1.807) is 0 Å². The average Bonchev–Trinajstić information content (AvgIpc) is 3.02. The zero-order valence-corrected chi connectivity index (χ0v) is 17.1. The summed E-state index contributed by atoms with van der Waals surface area (Å²) in [5.74, 6) is 5.52. The number of piperazine rings is 1. The molecule has 1 saturated heterocycles. The predicted molar refractivity (Wildman–Crippen MR) is 113 cm³/mol. The van der Waals surface area contributed by atoms with Crippen LogP contribution < -0.4 is 26.9 Å². The van der Waals surface area contributed by atoms with Crippen LogP contribution in [0.2, 0.25) is 5.02 Å². The van der Waals surface area contributed by atoms with E-state index in [0.29, 0.717) is 10.9 Å². The third-order valence-corrected chi connectivity index (χ3v) is 4.77. The molecule has 0 atom stereocenters. The molecule has 0 bridgehead atoms. The lowest BCUT2D eigenvalue weighted by Gasteiger charge is -2.37.